The lowest BCUT2D eigenvalue weighted by atomic mass is 10.4. The smallest absolute Gasteiger partial charge is 0.206 e. The highest BCUT2D eigenvalue weighted by atomic mass is 35.5. The van der Waals surface area contributed by atoms with Crippen molar-refractivity contribution in [2.24, 2.45) is 0 Å². The number of sulfonamides is 1. The van der Waals surface area contributed by atoms with Crippen molar-refractivity contribution in [1.29, 1.82) is 0 Å². The van der Waals surface area contributed by atoms with Crippen molar-refractivity contribution in [2.45, 2.75) is 24.5 Å². The second kappa shape index (κ2) is 6.94. The fraction of sp³-hybridized carbons (Fsp3) is 0.308. The first-order valence-electron chi connectivity index (χ1n) is 6.00. The molecule has 0 aliphatic rings. The lowest BCUT2D eigenvalue weighted by Gasteiger charge is -2.13. The summed E-state index contributed by atoms with van der Waals surface area (Å²) in [7, 11) is -5.30. The quantitative estimate of drug-likeness (QED) is 0.457. The van der Waals surface area contributed by atoms with Crippen molar-refractivity contribution in [3.8, 4) is 0 Å². The second-order valence-electron chi connectivity index (χ2n) is 5.20. The van der Waals surface area contributed by atoms with Crippen LogP contribution in [0.2, 0.25) is 19.6 Å². The zero-order valence-corrected chi connectivity index (χ0v) is 14.9. The SMILES string of the molecule is C[Si](C)(C)C(Cl)=C=CCN(Cl)S(=O)(=O)c1ccccc1. The fourth-order valence-electron chi connectivity index (χ4n) is 1.23. The Morgan fingerprint density at radius 2 is 1.85 bits per heavy atom. The Morgan fingerprint density at radius 1 is 1.30 bits per heavy atom. The van der Waals surface area contributed by atoms with Crippen LogP contribution in [-0.4, -0.2) is 26.9 Å². The molecule has 110 valence electrons. The van der Waals surface area contributed by atoms with Crippen LogP contribution in [0.1, 0.15) is 0 Å². The van der Waals surface area contributed by atoms with Crippen LogP contribution in [0.5, 0.6) is 0 Å². The van der Waals surface area contributed by atoms with Gasteiger partial charge in [-0.3, -0.25) is 0 Å². The number of nitrogens with zero attached hydrogens (tertiary/aromatic N) is 1. The van der Waals surface area contributed by atoms with Gasteiger partial charge in [0.05, 0.1) is 11.4 Å². The van der Waals surface area contributed by atoms with Crippen molar-refractivity contribution in [1.82, 2.24) is 3.82 Å². The van der Waals surface area contributed by atoms with Crippen LogP contribution in [0, 0.1) is 0 Å². The van der Waals surface area contributed by atoms with E-state index in [-0.39, 0.29) is 11.4 Å². The topological polar surface area (TPSA) is 37.4 Å². The summed E-state index contributed by atoms with van der Waals surface area (Å²) in [6, 6.07) is 8.04. The van der Waals surface area contributed by atoms with Crippen molar-refractivity contribution in [3.05, 3.63) is 46.8 Å². The van der Waals surface area contributed by atoms with Crippen LogP contribution in [0.15, 0.2) is 51.7 Å². The normalized spacial score (nSPS) is 12.1. The molecule has 20 heavy (non-hydrogen) atoms. The molecule has 1 aromatic carbocycles. The standard InChI is InChI=1S/C13H17Cl2NO2SSi/c1-20(2,3)13(14)10-7-11-16(15)19(17,18)12-8-5-4-6-9-12/h4-9H,11H2,1-3H3. The van der Waals surface area contributed by atoms with Gasteiger partial charge in [-0.15, -0.1) is 9.56 Å². The second-order valence-corrected chi connectivity index (χ2v) is 13.4. The van der Waals surface area contributed by atoms with Gasteiger partial charge in [-0.05, 0) is 30.0 Å². The van der Waals surface area contributed by atoms with E-state index < -0.39 is 18.1 Å². The zero-order valence-electron chi connectivity index (χ0n) is 11.6. The zero-order chi connectivity index (χ0) is 15.4. The average molecular weight is 350 g/mol. The number of benzene rings is 1. The minimum Gasteiger partial charge on any atom is -0.206 e. The highest BCUT2D eigenvalue weighted by molar-refractivity contribution is 7.90. The maximum Gasteiger partial charge on any atom is 0.256 e. The lowest BCUT2D eigenvalue weighted by Crippen LogP contribution is -2.22. The monoisotopic (exact) mass is 349 g/mol. The molecule has 0 fully saturated rings. The molecule has 0 atom stereocenters. The third-order valence-corrected chi connectivity index (χ3v) is 7.92. The van der Waals surface area contributed by atoms with Gasteiger partial charge in [0.15, 0.2) is 0 Å². The van der Waals surface area contributed by atoms with Crippen LogP contribution < -0.4 is 0 Å². The molecular weight excluding hydrogens is 333 g/mol. The summed E-state index contributed by atoms with van der Waals surface area (Å²) in [5.74, 6) is 0. The first kappa shape index (κ1) is 17.5. The molecule has 0 amide bonds. The third kappa shape index (κ3) is 4.77. The predicted octanol–water partition coefficient (Wildman–Crippen LogP) is 3.99. The Hall–Kier alpha value is -0.553. The summed E-state index contributed by atoms with van der Waals surface area (Å²) >= 11 is 11.9. The van der Waals surface area contributed by atoms with Gasteiger partial charge in [-0.1, -0.05) is 49.4 Å². The van der Waals surface area contributed by atoms with E-state index in [1.54, 1.807) is 18.2 Å². The molecule has 3 nitrogen and oxygen atoms in total. The Kier molecular flexibility index (Phi) is 6.07. The molecule has 0 bridgehead atoms. The van der Waals surface area contributed by atoms with Gasteiger partial charge in [-0.2, -0.15) is 0 Å². The first-order valence-corrected chi connectivity index (χ1v) is 11.7. The van der Waals surface area contributed by atoms with Gasteiger partial charge in [0, 0.05) is 4.66 Å². The summed E-state index contributed by atoms with van der Waals surface area (Å²) in [5, 5.41) is 0. The number of hydrogen-bond donors (Lipinski definition) is 0. The van der Waals surface area contributed by atoms with E-state index in [4.69, 9.17) is 23.4 Å². The molecule has 0 N–H and O–H groups in total. The van der Waals surface area contributed by atoms with Crippen molar-refractivity contribution >= 4 is 41.5 Å². The molecule has 0 unspecified atom stereocenters. The van der Waals surface area contributed by atoms with E-state index in [9.17, 15) is 8.42 Å². The lowest BCUT2D eigenvalue weighted by molar-refractivity contribution is 0.551. The van der Waals surface area contributed by atoms with E-state index in [1.165, 1.54) is 18.2 Å². The molecule has 1 rings (SSSR count). The predicted molar refractivity (Wildman–Crippen MR) is 87.0 cm³/mol. The average Bonchev–Trinajstić information content (AvgIpc) is 2.38. The van der Waals surface area contributed by atoms with E-state index >= 15 is 0 Å². The third-order valence-electron chi connectivity index (χ3n) is 2.42. The molecule has 0 saturated heterocycles. The molecule has 0 aliphatic carbocycles. The highest BCUT2D eigenvalue weighted by Gasteiger charge is 2.21. The molecular formula is C13H17Cl2NO2SSi. The van der Waals surface area contributed by atoms with Gasteiger partial charge >= 0.3 is 0 Å². The highest BCUT2D eigenvalue weighted by Crippen LogP contribution is 2.18. The van der Waals surface area contributed by atoms with Gasteiger partial charge in [0.25, 0.3) is 10.0 Å². The molecule has 0 heterocycles. The Morgan fingerprint density at radius 3 is 2.35 bits per heavy atom. The summed E-state index contributed by atoms with van der Waals surface area (Å²) in [6.45, 7) is 6.25. The van der Waals surface area contributed by atoms with Gasteiger partial charge in [0.2, 0.25) is 0 Å². The molecule has 1 aromatic rings. The molecule has 0 aliphatic heterocycles. The van der Waals surface area contributed by atoms with Crippen LogP contribution in [0.25, 0.3) is 0 Å². The maximum absolute atomic E-state index is 12.1. The first-order chi connectivity index (χ1) is 9.15. The maximum atomic E-state index is 12.1. The van der Waals surface area contributed by atoms with E-state index in [0.717, 1.165) is 3.82 Å². The largest absolute Gasteiger partial charge is 0.256 e. The summed E-state index contributed by atoms with van der Waals surface area (Å²) in [5.41, 5.74) is 2.91. The minimum absolute atomic E-state index is 0.0134. The summed E-state index contributed by atoms with van der Waals surface area (Å²) in [6.07, 6.45) is 1.54. The fourth-order valence-corrected chi connectivity index (χ4v) is 3.15. The molecule has 0 radical (unpaired) electrons. The molecule has 7 heteroatoms. The van der Waals surface area contributed by atoms with Gasteiger partial charge < -0.3 is 0 Å². The van der Waals surface area contributed by atoms with Crippen LogP contribution in [0.4, 0.5) is 0 Å². The van der Waals surface area contributed by atoms with Crippen LogP contribution >= 0.6 is 23.4 Å². The van der Waals surface area contributed by atoms with Crippen molar-refractivity contribution in [2.75, 3.05) is 6.54 Å². The summed E-state index contributed by atoms with van der Waals surface area (Å²) in [4.78, 5) is 0.156. The number of hydrogen-bond acceptors (Lipinski definition) is 2. The van der Waals surface area contributed by atoms with E-state index in [0.29, 0.717) is 4.66 Å². The molecule has 0 saturated carbocycles. The Balaban J connectivity index is 2.88. The molecule has 0 aromatic heterocycles. The Bertz CT molecular complexity index is 618. The van der Waals surface area contributed by atoms with E-state index in [1.807, 2.05) is 0 Å². The van der Waals surface area contributed by atoms with Crippen LogP contribution in [0.3, 0.4) is 0 Å². The number of rotatable bonds is 5. The molecule has 0 spiro atoms. The van der Waals surface area contributed by atoms with Crippen molar-refractivity contribution in [3.63, 3.8) is 0 Å². The van der Waals surface area contributed by atoms with Gasteiger partial charge in [-0.25, -0.2) is 8.42 Å². The minimum atomic E-state index is -3.69. The Labute approximate surface area is 131 Å². The van der Waals surface area contributed by atoms with E-state index in [2.05, 4.69) is 25.4 Å². The van der Waals surface area contributed by atoms with Gasteiger partial charge in [0.1, 0.15) is 8.07 Å². The summed E-state index contributed by atoms with van der Waals surface area (Å²) < 4.78 is 25.6. The van der Waals surface area contributed by atoms with Crippen molar-refractivity contribution < 1.29 is 8.42 Å². The van der Waals surface area contributed by atoms with Crippen LogP contribution in [-0.2, 0) is 10.0 Å². The number of halogens is 2.